The van der Waals surface area contributed by atoms with Gasteiger partial charge in [-0.2, -0.15) is 0 Å². The van der Waals surface area contributed by atoms with Crippen molar-refractivity contribution in [1.82, 2.24) is 4.90 Å². The topological polar surface area (TPSA) is 54.5 Å². The van der Waals surface area contributed by atoms with E-state index >= 15 is 0 Å². The second-order valence-corrected chi connectivity index (χ2v) is 11.1. The quantitative estimate of drug-likeness (QED) is 0.483. The molecule has 0 unspecified atom stereocenters. The lowest BCUT2D eigenvalue weighted by molar-refractivity contribution is -0.124. The SMILES string of the molecule is C=C1CC[C@H](N2Cc3c(CCC(=O)CCc4ccc(C5(C)CC5)cc4)csc3C2=O)C(=O)C1. The number of carbonyl (C=O) groups excluding carboxylic acids is 3. The summed E-state index contributed by atoms with van der Waals surface area (Å²) in [7, 11) is 0. The van der Waals surface area contributed by atoms with E-state index in [0.29, 0.717) is 44.1 Å². The van der Waals surface area contributed by atoms with Crippen LogP contribution in [0.25, 0.3) is 0 Å². The van der Waals surface area contributed by atoms with Crippen LogP contribution in [0.4, 0.5) is 0 Å². The van der Waals surface area contributed by atoms with E-state index in [-0.39, 0.29) is 23.5 Å². The number of fused-ring (bicyclic) bond motifs is 1. The van der Waals surface area contributed by atoms with E-state index < -0.39 is 0 Å². The van der Waals surface area contributed by atoms with E-state index in [1.165, 1.54) is 35.3 Å². The molecule has 4 nitrogen and oxygen atoms in total. The molecule has 0 spiro atoms. The van der Waals surface area contributed by atoms with Crippen molar-refractivity contribution in [3.8, 4) is 0 Å². The van der Waals surface area contributed by atoms with Gasteiger partial charge in [0, 0.05) is 25.8 Å². The Hall–Kier alpha value is -2.53. The molecule has 2 saturated carbocycles. The van der Waals surface area contributed by atoms with Gasteiger partial charge in [-0.1, -0.05) is 43.3 Å². The summed E-state index contributed by atoms with van der Waals surface area (Å²) < 4.78 is 0. The Morgan fingerprint density at radius 3 is 2.58 bits per heavy atom. The Bertz CT molecular complexity index is 1120. The summed E-state index contributed by atoms with van der Waals surface area (Å²) in [6.45, 7) is 6.73. The van der Waals surface area contributed by atoms with Crippen LogP contribution in [0.3, 0.4) is 0 Å². The van der Waals surface area contributed by atoms with Crippen LogP contribution in [0.2, 0.25) is 0 Å². The molecule has 1 aromatic carbocycles. The van der Waals surface area contributed by atoms with Crippen LogP contribution < -0.4 is 0 Å². The Labute approximate surface area is 199 Å². The number of ketones is 2. The van der Waals surface area contributed by atoms with E-state index in [2.05, 4.69) is 37.8 Å². The molecule has 1 atom stereocenters. The van der Waals surface area contributed by atoms with Gasteiger partial charge >= 0.3 is 0 Å². The third kappa shape index (κ3) is 4.48. The van der Waals surface area contributed by atoms with Crippen molar-refractivity contribution >= 4 is 28.8 Å². The first-order valence-corrected chi connectivity index (χ1v) is 12.9. The van der Waals surface area contributed by atoms with E-state index in [1.807, 2.05) is 5.38 Å². The summed E-state index contributed by atoms with van der Waals surface area (Å²) in [5.74, 6) is 0.336. The monoisotopic (exact) mass is 461 g/mol. The highest BCUT2D eigenvalue weighted by Crippen LogP contribution is 2.47. The van der Waals surface area contributed by atoms with Crippen molar-refractivity contribution in [3.63, 3.8) is 0 Å². The standard InChI is InChI=1S/C28H31NO3S/c1-18-3-12-24(25(31)15-18)29-16-23-20(17-33-26(23)27(29)32)7-11-22(30)10-6-19-4-8-21(9-5-19)28(2)13-14-28/h4-5,8-9,17,24H,1,3,6-7,10-16H2,2H3/t24-/m0/s1. The van der Waals surface area contributed by atoms with Gasteiger partial charge in [0.25, 0.3) is 5.91 Å². The normalized spacial score (nSPS) is 21.4. The number of benzene rings is 1. The molecule has 2 aliphatic carbocycles. The zero-order valence-corrected chi connectivity index (χ0v) is 20.1. The number of amides is 1. The molecule has 5 rings (SSSR count). The zero-order chi connectivity index (χ0) is 23.2. The molecular formula is C28H31NO3S. The van der Waals surface area contributed by atoms with E-state index in [4.69, 9.17) is 0 Å². The van der Waals surface area contributed by atoms with Crippen molar-refractivity contribution in [2.75, 3.05) is 0 Å². The molecule has 0 radical (unpaired) electrons. The van der Waals surface area contributed by atoms with E-state index in [0.717, 1.165) is 34.4 Å². The maximum atomic E-state index is 12.9. The third-order valence-corrected chi connectivity index (χ3v) is 8.78. The predicted molar refractivity (Wildman–Crippen MR) is 131 cm³/mol. The highest BCUT2D eigenvalue weighted by molar-refractivity contribution is 7.12. The number of rotatable bonds is 8. The van der Waals surface area contributed by atoms with Crippen LogP contribution in [0.5, 0.6) is 0 Å². The molecule has 2 aromatic rings. The van der Waals surface area contributed by atoms with Crippen molar-refractivity contribution < 1.29 is 14.4 Å². The number of thiophene rings is 1. The molecule has 5 heteroatoms. The van der Waals surface area contributed by atoms with E-state index in [1.54, 1.807) is 4.90 Å². The van der Waals surface area contributed by atoms with Gasteiger partial charge in [0.1, 0.15) is 5.78 Å². The molecule has 0 saturated heterocycles. The van der Waals surface area contributed by atoms with Gasteiger partial charge in [-0.15, -0.1) is 11.3 Å². The Kier molecular flexibility index (Phi) is 5.86. The molecule has 172 valence electrons. The lowest BCUT2D eigenvalue weighted by Crippen LogP contribution is -2.43. The Balaban J connectivity index is 1.14. The molecule has 2 fully saturated rings. The number of hydrogen-bond donors (Lipinski definition) is 0. The first kappa shape index (κ1) is 22.3. The van der Waals surface area contributed by atoms with Crippen LogP contribution in [0, 0.1) is 0 Å². The van der Waals surface area contributed by atoms with Gasteiger partial charge in [0.05, 0.1) is 10.9 Å². The summed E-state index contributed by atoms with van der Waals surface area (Å²) >= 11 is 1.46. The first-order chi connectivity index (χ1) is 15.8. The van der Waals surface area contributed by atoms with Crippen LogP contribution >= 0.6 is 11.3 Å². The van der Waals surface area contributed by atoms with E-state index in [9.17, 15) is 14.4 Å². The third-order valence-electron chi connectivity index (χ3n) is 7.72. The Morgan fingerprint density at radius 2 is 1.88 bits per heavy atom. The van der Waals surface area contributed by atoms with Gasteiger partial charge in [-0.3, -0.25) is 14.4 Å². The van der Waals surface area contributed by atoms with Crippen molar-refractivity contribution in [2.24, 2.45) is 0 Å². The van der Waals surface area contributed by atoms with Gasteiger partial charge in [-0.25, -0.2) is 0 Å². The summed E-state index contributed by atoms with van der Waals surface area (Å²) in [6, 6.07) is 8.44. The predicted octanol–water partition coefficient (Wildman–Crippen LogP) is 5.57. The fraction of sp³-hybridized carbons (Fsp3) is 0.464. The number of carbonyl (C=O) groups is 3. The minimum absolute atomic E-state index is 0.0260. The van der Waals surface area contributed by atoms with Gasteiger partial charge in [0.15, 0.2) is 5.78 Å². The molecule has 1 amide bonds. The molecule has 1 aliphatic heterocycles. The summed E-state index contributed by atoms with van der Waals surface area (Å²) in [5, 5.41) is 2.02. The molecular weight excluding hydrogens is 430 g/mol. The fourth-order valence-corrected chi connectivity index (χ4v) is 6.20. The van der Waals surface area contributed by atoms with Crippen LogP contribution in [-0.4, -0.2) is 28.4 Å². The lowest BCUT2D eigenvalue weighted by Gasteiger charge is -2.30. The molecule has 0 N–H and O–H groups in total. The molecule has 33 heavy (non-hydrogen) atoms. The van der Waals surface area contributed by atoms with Crippen molar-refractivity contribution in [2.45, 2.75) is 82.7 Å². The molecule has 0 bridgehead atoms. The molecule has 3 aliphatic rings. The summed E-state index contributed by atoms with van der Waals surface area (Å²) in [4.78, 5) is 40.5. The fourth-order valence-electron chi connectivity index (χ4n) is 5.12. The number of hydrogen-bond acceptors (Lipinski definition) is 4. The highest BCUT2D eigenvalue weighted by atomic mass is 32.1. The Morgan fingerprint density at radius 1 is 1.15 bits per heavy atom. The van der Waals surface area contributed by atoms with Gasteiger partial charge in [-0.05, 0) is 71.6 Å². The number of nitrogens with zero attached hydrogens (tertiary/aromatic N) is 1. The van der Waals surface area contributed by atoms with Crippen LogP contribution in [-0.2, 0) is 34.4 Å². The number of aryl methyl sites for hydroxylation is 2. The average Bonchev–Trinajstić information content (AvgIpc) is 3.30. The van der Waals surface area contributed by atoms with Crippen molar-refractivity contribution in [1.29, 1.82) is 0 Å². The first-order valence-electron chi connectivity index (χ1n) is 12.0. The average molecular weight is 462 g/mol. The molecule has 1 aromatic heterocycles. The minimum Gasteiger partial charge on any atom is -0.323 e. The largest absolute Gasteiger partial charge is 0.323 e. The zero-order valence-electron chi connectivity index (χ0n) is 19.3. The van der Waals surface area contributed by atoms with Gasteiger partial charge in [0.2, 0.25) is 0 Å². The maximum absolute atomic E-state index is 12.9. The lowest BCUT2D eigenvalue weighted by atomic mass is 9.89. The maximum Gasteiger partial charge on any atom is 0.265 e. The molecule has 2 heterocycles. The summed E-state index contributed by atoms with van der Waals surface area (Å²) in [6.07, 6.45) is 6.89. The number of Topliss-reactive ketones (excluding diaryl/α,β-unsaturated/α-hetero) is 2. The minimum atomic E-state index is -0.328. The highest BCUT2D eigenvalue weighted by Gasteiger charge is 2.40. The van der Waals surface area contributed by atoms with Crippen LogP contribution in [0.1, 0.15) is 83.8 Å². The number of allylic oxidation sites excluding steroid dienone is 1. The summed E-state index contributed by atoms with van der Waals surface area (Å²) in [5.41, 5.74) is 6.09. The smallest absolute Gasteiger partial charge is 0.265 e. The second kappa shape index (κ2) is 8.68. The second-order valence-electron chi connectivity index (χ2n) is 10.2. The van der Waals surface area contributed by atoms with Gasteiger partial charge < -0.3 is 4.90 Å². The van der Waals surface area contributed by atoms with Crippen LogP contribution in [0.15, 0.2) is 41.8 Å². The van der Waals surface area contributed by atoms with Crippen molar-refractivity contribution in [3.05, 3.63) is 68.9 Å².